The molecule has 0 N–H and O–H groups in total. The first kappa shape index (κ1) is 8.96. The van der Waals surface area contributed by atoms with E-state index in [-0.39, 0.29) is 6.04 Å². The largest absolute Gasteiger partial charge is 0.281 e. The van der Waals surface area contributed by atoms with E-state index in [1.54, 1.807) is 21.1 Å². The van der Waals surface area contributed by atoms with Crippen LogP contribution < -0.4 is 0 Å². The first-order valence-corrected chi connectivity index (χ1v) is 5.01. The average Bonchev–Trinajstić information content (AvgIpc) is 2.66. The van der Waals surface area contributed by atoms with E-state index in [1.807, 2.05) is 0 Å². The zero-order valence-corrected chi connectivity index (χ0v) is 7.93. The number of nitrogens with zero attached hydrogens (tertiary/aromatic N) is 2. The summed E-state index contributed by atoms with van der Waals surface area (Å²) in [6.45, 7) is 0. The normalized spacial score (nSPS) is 19.7. The molecule has 0 aliphatic heterocycles. The quantitative estimate of drug-likeness (QED) is 0.605. The van der Waals surface area contributed by atoms with Crippen LogP contribution in [0.25, 0.3) is 0 Å². The molecule has 1 saturated carbocycles. The topological polar surface area (TPSA) is 40.6 Å². The van der Waals surface area contributed by atoms with Crippen LogP contribution in [0, 0.1) is 0 Å². The monoisotopic (exact) mass is 178 g/mol. The fourth-order valence-corrected chi connectivity index (χ4v) is 1.99. The summed E-state index contributed by atoms with van der Waals surface area (Å²) < 4.78 is 25.4. The van der Waals surface area contributed by atoms with Crippen molar-refractivity contribution in [2.45, 2.75) is 18.9 Å². The van der Waals surface area contributed by atoms with Crippen LogP contribution >= 0.6 is 0 Å². The third kappa shape index (κ3) is 1.72. The number of hydrogen-bond donors (Lipinski definition) is 0. The Hall–Kier alpha value is -0.130. The molecule has 0 aromatic rings. The summed E-state index contributed by atoms with van der Waals surface area (Å²) in [5, 5.41) is 0. The molecule has 1 fully saturated rings. The van der Waals surface area contributed by atoms with E-state index in [1.165, 1.54) is 8.61 Å². The molecule has 0 heterocycles. The van der Waals surface area contributed by atoms with E-state index in [2.05, 4.69) is 0 Å². The lowest BCUT2D eigenvalue weighted by Crippen LogP contribution is -2.38. The van der Waals surface area contributed by atoms with E-state index in [4.69, 9.17) is 0 Å². The second kappa shape index (κ2) is 2.73. The lowest BCUT2D eigenvalue weighted by atomic mass is 10.7. The SMILES string of the molecule is CN(C)S(=O)(=O)N(C)C1CC1. The molecule has 0 spiro atoms. The molecule has 1 aliphatic carbocycles. The summed E-state index contributed by atoms with van der Waals surface area (Å²) in [6, 6.07) is 0.252. The maximum Gasteiger partial charge on any atom is 0.281 e. The third-order valence-electron chi connectivity index (χ3n) is 1.89. The van der Waals surface area contributed by atoms with E-state index >= 15 is 0 Å². The van der Waals surface area contributed by atoms with Gasteiger partial charge in [0, 0.05) is 27.2 Å². The molecule has 11 heavy (non-hydrogen) atoms. The second-order valence-corrected chi connectivity index (χ2v) is 5.24. The van der Waals surface area contributed by atoms with Crippen LogP contribution in [0.5, 0.6) is 0 Å². The van der Waals surface area contributed by atoms with Crippen molar-refractivity contribution in [3.63, 3.8) is 0 Å². The Bertz CT molecular complexity index is 231. The summed E-state index contributed by atoms with van der Waals surface area (Å²) in [5.74, 6) is 0. The van der Waals surface area contributed by atoms with Crippen LogP contribution in [-0.4, -0.2) is 44.2 Å². The lowest BCUT2D eigenvalue weighted by molar-refractivity contribution is 0.412. The minimum absolute atomic E-state index is 0.252. The minimum atomic E-state index is -3.15. The van der Waals surface area contributed by atoms with Gasteiger partial charge in [-0.15, -0.1) is 0 Å². The molecule has 5 heteroatoms. The van der Waals surface area contributed by atoms with Gasteiger partial charge in [-0.2, -0.15) is 17.0 Å². The van der Waals surface area contributed by atoms with Gasteiger partial charge in [-0.1, -0.05) is 0 Å². The molecule has 1 rings (SSSR count). The number of hydrogen-bond acceptors (Lipinski definition) is 2. The summed E-state index contributed by atoms with van der Waals surface area (Å²) >= 11 is 0. The van der Waals surface area contributed by atoms with Gasteiger partial charge >= 0.3 is 0 Å². The van der Waals surface area contributed by atoms with Gasteiger partial charge < -0.3 is 0 Å². The molecular weight excluding hydrogens is 164 g/mol. The molecule has 66 valence electrons. The predicted molar refractivity (Wildman–Crippen MR) is 43.4 cm³/mol. The minimum Gasteiger partial charge on any atom is -0.195 e. The zero-order valence-electron chi connectivity index (χ0n) is 7.11. The van der Waals surface area contributed by atoms with Crippen molar-refractivity contribution in [1.82, 2.24) is 8.61 Å². The van der Waals surface area contributed by atoms with Gasteiger partial charge in [-0.05, 0) is 12.8 Å². The second-order valence-electron chi connectivity index (χ2n) is 3.04. The summed E-state index contributed by atoms with van der Waals surface area (Å²) in [4.78, 5) is 0. The van der Waals surface area contributed by atoms with Gasteiger partial charge in [0.25, 0.3) is 10.2 Å². The molecule has 0 saturated heterocycles. The molecule has 4 nitrogen and oxygen atoms in total. The molecular formula is C6H14N2O2S. The molecule has 0 atom stereocenters. The molecule has 0 unspecified atom stereocenters. The highest BCUT2D eigenvalue weighted by Crippen LogP contribution is 2.27. The van der Waals surface area contributed by atoms with Gasteiger partial charge in [0.1, 0.15) is 0 Å². The van der Waals surface area contributed by atoms with Gasteiger partial charge in [0.2, 0.25) is 0 Å². The third-order valence-corrected chi connectivity index (χ3v) is 3.84. The van der Waals surface area contributed by atoms with Gasteiger partial charge in [-0.3, -0.25) is 0 Å². The summed E-state index contributed by atoms with van der Waals surface area (Å²) in [7, 11) is 1.58. The Kier molecular flexibility index (Phi) is 2.22. The Morgan fingerprint density at radius 2 is 1.64 bits per heavy atom. The fourth-order valence-electron chi connectivity index (χ4n) is 0.884. The van der Waals surface area contributed by atoms with Crippen molar-refractivity contribution in [3.8, 4) is 0 Å². The van der Waals surface area contributed by atoms with Crippen molar-refractivity contribution in [3.05, 3.63) is 0 Å². The van der Waals surface area contributed by atoms with Gasteiger partial charge in [0.15, 0.2) is 0 Å². The molecule has 0 radical (unpaired) electrons. The Morgan fingerprint density at radius 1 is 1.18 bits per heavy atom. The van der Waals surface area contributed by atoms with E-state index < -0.39 is 10.2 Å². The summed E-state index contributed by atoms with van der Waals surface area (Å²) in [6.07, 6.45) is 2.01. The highest BCUT2D eigenvalue weighted by molar-refractivity contribution is 7.86. The number of rotatable bonds is 3. The highest BCUT2D eigenvalue weighted by Gasteiger charge is 2.34. The van der Waals surface area contributed by atoms with Crippen LogP contribution in [0.4, 0.5) is 0 Å². The lowest BCUT2D eigenvalue weighted by Gasteiger charge is -2.20. The van der Waals surface area contributed by atoms with E-state index in [0.717, 1.165) is 12.8 Å². The smallest absolute Gasteiger partial charge is 0.195 e. The maximum absolute atomic E-state index is 11.4. The van der Waals surface area contributed by atoms with Crippen molar-refractivity contribution in [2.24, 2.45) is 0 Å². The zero-order chi connectivity index (χ0) is 8.65. The maximum atomic E-state index is 11.4. The van der Waals surface area contributed by atoms with Crippen molar-refractivity contribution in [1.29, 1.82) is 0 Å². The molecule has 1 aliphatic rings. The van der Waals surface area contributed by atoms with E-state index in [0.29, 0.717) is 0 Å². The fraction of sp³-hybridized carbons (Fsp3) is 1.00. The molecule has 0 aromatic heterocycles. The van der Waals surface area contributed by atoms with Crippen LogP contribution in [-0.2, 0) is 10.2 Å². The Balaban J connectivity index is 2.70. The standard InChI is InChI=1S/C6H14N2O2S/c1-7(2)11(9,10)8(3)6-4-5-6/h6H,4-5H2,1-3H3. The van der Waals surface area contributed by atoms with Gasteiger partial charge in [0.05, 0.1) is 0 Å². The van der Waals surface area contributed by atoms with Crippen LogP contribution in [0.2, 0.25) is 0 Å². The van der Waals surface area contributed by atoms with Crippen LogP contribution in [0.1, 0.15) is 12.8 Å². The molecule has 0 bridgehead atoms. The van der Waals surface area contributed by atoms with Crippen LogP contribution in [0.3, 0.4) is 0 Å². The van der Waals surface area contributed by atoms with Crippen LogP contribution in [0.15, 0.2) is 0 Å². The average molecular weight is 178 g/mol. The highest BCUT2D eigenvalue weighted by atomic mass is 32.2. The Labute approximate surface area is 68.0 Å². The van der Waals surface area contributed by atoms with Crippen molar-refractivity contribution >= 4 is 10.2 Å². The first-order chi connectivity index (χ1) is 4.96. The Morgan fingerprint density at radius 3 is 1.91 bits per heavy atom. The molecule has 0 amide bonds. The molecule has 0 aromatic carbocycles. The van der Waals surface area contributed by atoms with Gasteiger partial charge in [-0.25, -0.2) is 0 Å². The predicted octanol–water partition coefficient (Wildman–Crippen LogP) is -0.113. The van der Waals surface area contributed by atoms with E-state index in [9.17, 15) is 8.42 Å². The van der Waals surface area contributed by atoms with Crippen molar-refractivity contribution in [2.75, 3.05) is 21.1 Å². The summed E-state index contributed by atoms with van der Waals surface area (Å²) in [5.41, 5.74) is 0. The van der Waals surface area contributed by atoms with Crippen molar-refractivity contribution < 1.29 is 8.42 Å². The first-order valence-electron chi connectivity index (χ1n) is 3.61.